The second-order valence-electron chi connectivity index (χ2n) is 8.77. The van der Waals surface area contributed by atoms with Crippen LogP contribution in [0.3, 0.4) is 0 Å². The molecule has 178 valence electrons. The number of carbonyl (C=O) groups is 4. The van der Waals surface area contributed by atoms with Gasteiger partial charge in [0.15, 0.2) is 0 Å². The molecule has 6 nitrogen and oxygen atoms in total. The lowest BCUT2D eigenvalue weighted by atomic mass is 10.0. The van der Waals surface area contributed by atoms with Gasteiger partial charge >= 0.3 is 0 Å². The molecule has 0 fully saturated rings. The van der Waals surface area contributed by atoms with Gasteiger partial charge in [-0.15, -0.1) is 0 Å². The maximum atomic E-state index is 11.8. The molecular weight excluding hydrogens is 380 g/mol. The topological polar surface area (TPSA) is 92.3 Å². The average molecular weight is 429 g/mol. The van der Waals surface area contributed by atoms with Gasteiger partial charge in [0.25, 0.3) is 0 Å². The first-order chi connectivity index (χ1) is 14.2. The van der Waals surface area contributed by atoms with E-state index in [0.29, 0.717) is 63.2 Å². The van der Waals surface area contributed by atoms with Gasteiger partial charge in [-0.1, -0.05) is 40.5 Å². The number of hydrogen-bond acceptors (Lipinski definition) is 4. The van der Waals surface area contributed by atoms with Crippen molar-refractivity contribution in [3.8, 4) is 0 Å². The summed E-state index contributed by atoms with van der Waals surface area (Å²) < 4.78 is 0. The van der Waals surface area contributed by atoms with E-state index in [1.807, 2.05) is 27.7 Å². The highest BCUT2D eigenvalue weighted by molar-refractivity contribution is 5.80. The fourth-order valence-corrected chi connectivity index (χ4v) is 2.98. The smallest absolute Gasteiger partial charge is 0.219 e. The normalized spacial score (nSPS) is 11.0. The van der Waals surface area contributed by atoms with Gasteiger partial charge in [0.05, 0.1) is 0 Å². The summed E-state index contributed by atoms with van der Waals surface area (Å²) in [5.74, 6) is 0.896. The third-order valence-corrected chi connectivity index (χ3v) is 5.19. The monoisotopic (exact) mass is 428 g/mol. The Morgan fingerprint density at radius 2 is 0.867 bits per heavy atom. The minimum absolute atomic E-state index is 0. The lowest BCUT2D eigenvalue weighted by Gasteiger charge is -2.07. The maximum absolute atomic E-state index is 11.8. The van der Waals surface area contributed by atoms with Crippen molar-refractivity contribution in [1.29, 1.82) is 0 Å². The summed E-state index contributed by atoms with van der Waals surface area (Å²) in [5, 5.41) is 5.80. The predicted octanol–water partition coefficient (Wildman–Crippen LogP) is 4.84. The third kappa shape index (κ3) is 17.2. The third-order valence-electron chi connectivity index (χ3n) is 5.19. The first-order valence-corrected chi connectivity index (χ1v) is 11.8. The van der Waals surface area contributed by atoms with Gasteiger partial charge < -0.3 is 10.6 Å². The number of unbranched alkanes of at least 4 members (excludes halogenated alkanes) is 5. The SMILES string of the molecule is CC(C)C(=O)CCCCCNC(=O)CCCCC(=O)NCCCCCC(=O)C(C)C.[HH].[HH]. The van der Waals surface area contributed by atoms with Crippen molar-refractivity contribution in [2.45, 2.75) is 105 Å². The van der Waals surface area contributed by atoms with E-state index in [2.05, 4.69) is 10.6 Å². The second kappa shape index (κ2) is 18.1. The van der Waals surface area contributed by atoms with Crippen molar-refractivity contribution in [2.75, 3.05) is 13.1 Å². The summed E-state index contributed by atoms with van der Waals surface area (Å²) in [4.78, 5) is 46.6. The number of amides is 2. The molecule has 30 heavy (non-hydrogen) atoms. The van der Waals surface area contributed by atoms with Crippen molar-refractivity contribution in [2.24, 2.45) is 11.8 Å². The molecule has 0 aromatic rings. The highest BCUT2D eigenvalue weighted by atomic mass is 16.2. The van der Waals surface area contributed by atoms with E-state index < -0.39 is 0 Å². The summed E-state index contributed by atoms with van der Waals surface area (Å²) in [6, 6.07) is 0. The minimum atomic E-state index is 0. The quantitative estimate of drug-likeness (QED) is 0.288. The van der Waals surface area contributed by atoms with Crippen LogP contribution in [-0.4, -0.2) is 36.5 Å². The van der Waals surface area contributed by atoms with Crippen molar-refractivity contribution in [3.05, 3.63) is 0 Å². The van der Waals surface area contributed by atoms with Crippen molar-refractivity contribution in [3.63, 3.8) is 0 Å². The van der Waals surface area contributed by atoms with E-state index in [9.17, 15) is 19.2 Å². The zero-order chi connectivity index (χ0) is 22.8. The maximum Gasteiger partial charge on any atom is 0.219 e. The molecule has 2 N–H and O–H groups in total. The Hall–Kier alpha value is -1.72. The van der Waals surface area contributed by atoms with Crippen LogP contribution >= 0.6 is 0 Å². The van der Waals surface area contributed by atoms with Crippen LogP contribution in [0.5, 0.6) is 0 Å². The Labute approximate surface area is 186 Å². The standard InChI is InChI=1S/C24H44N2O4.2H2/c1-19(2)21(27)13-7-5-11-17-25-23(29)15-9-10-16-24(30)26-18-12-6-8-14-22(28)20(3)4;;/h19-20H,5-18H2,1-4H3,(H,25,29)(H,26,30);2*1H. The zero-order valence-corrected chi connectivity index (χ0v) is 19.7. The molecule has 0 unspecified atom stereocenters. The molecule has 0 aromatic carbocycles. The van der Waals surface area contributed by atoms with E-state index in [0.717, 1.165) is 38.5 Å². The van der Waals surface area contributed by atoms with Gasteiger partial charge in [0, 0.05) is 53.5 Å². The number of Topliss-reactive ketones (excluding diaryl/α,β-unsaturated/α-hetero) is 2. The van der Waals surface area contributed by atoms with Crippen LogP contribution in [0.25, 0.3) is 0 Å². The Morgan fingerprint density at radius 1 is 0.533 bits per heavy atom. The molecule has 0 spiro atoms. The average Bonchev–Trinajstić information content (AvgIpc) is 2.69. The van der Waals surface area contributed by atoms with Gasteiger partial charge in [-0.05, 0) is 38.5 Å². The number of carbonyl (C=O) groups excluding carboxylic acids is 4. The van der Waals surface area contributed by atoms with Crippen molar-refractivity contribution < 1.29 is 22.0 Å². The molecular formula is C24H48N2O4. The summed E-state index contributed by atoms with van der Waals surface area (Å²) in [6.45, 7) is 8.99. The molecule has 0 rings (SSSR count). The molecule has 6 heteroatoms. The van der Waals surface area contributed by atoms with E-state index >= 15 is 0 Å². The van der Waals surface area contributed by atoms with Crippen molar-refractivity contribution >= 4 is 23.4 Å². The van der Waals surface area contributed by atoms with Crippen LogP contribution in [0.15, 0.2) is 0 Å². The number of rotatable bonds is 19. The van der Waals surface area contributed by atoms with Crippen LogP contribution in [0.2, 0.25) is 0 Å². The highest BCUT2D eigenvalue weighted by Crippen LogP contribution is 2.07. The fraction of sp³-hybridized carbons (Fsp3) is 0.833. The summed E-state index contributed by atoms with van der Waals surface area (Å²) in [5.41, 5.74) is 0. The molecule has 0 saturated carbocycles. The van der Waals surface area contributed by atoms with E-state index in [4.69, 9.17) is 0 Å². The molecule has 0 aliphatic heterocycles. The summed E-state index contributed by atoms with van der Waals surface area (Å²) in [7, 11) is 0. The predicted molar refractivity (Wildman–Crippen MR) is 125 cm³/mol. The van der Waals surface area contributed by atoms with Gasteiger partial charge in [-0.3, -0.25) is 19.2 Å². The van der Waals surface area contributed by atoms with Gasteiger partial charge in [-0.25, -0.2) is 0 Å². The molecule has 0 saturated heterocycles. The minimum Gasteiger partial charge on any atom is -0.356 e. The largest absolute Gasteiger partial charge is 0.356 e. The molecule has 0 aliphatic carbocycles. The number of nitrogens with one attached hydrogen (secondary N) is 2. The van der Waals surface area contributed by atoms with E-state index in [1.54, 1.807) is 0 Å². The molecule has 0 aromatic heterocycles. The zero-order valence-electron chi connectivity index (χ0n) is 19.7. The van der Waals surface area contributed by atoms with E-state index in [-0.39, 0.29) is 26.5 Å². The number of hydrogen-bond donors (Lipinski definition) is 2. The first kappa shape index (κ1) is 28.3. The first-order valence-electron chi connectivity index (χ1n) is 11.8. The van der Waals surface area contributed by atoms with Crippen molar-refractivity contribution in [1.82, 2.24) is 10.6 Å². The fourth-order valence-electron chi connectivity index (χ4n) is 2.98. The number of ketones is 2. The molecule has 0 radical (unpaired) electrons. The summed E-state index contributed by atoms with van der Waals surface area (Å²) in [6.07, 6.45) is 9.04. The van der Waals surface area contributed by atoms with E-state index in [1.165, 1.54) is 0 Å². The second-order valence-corrected chi connectivity index (χ2v) is 8.77. The van der Waals surface area contributed by atoms with Gasteiger partial charge in [-0.2, -0.15) is 0 Å². The van der Waals surface area contributed by atoms with Crippen LogP contribution in [-0.2, 0) is 19.2 Å². The Balaban J connectivity index is -0.00000420. The highest BCUT2D eigenvalue weighted by Gasteiger charge is 2.08. The Kier molecular flexibility index (Phi) is 17.0. The Bertz CT molecular complexity index is 480. The van der Waals surface area contributed by atoms with Gasteiger partial charge in [0.1, 0.15) is 11.6 Å². The molecule has 0 bridgehead atoms. The molecule has 2 amide bonds. The van der Waals surface area contributed by atoms with Crippen LogP contribution in [0, 0.1) is 11.8 Å². The molecule has 0 heterocycles. The molecule has 0 atom stereocenters. The lowest BCUT2D eigenvalue weighted by molar-refractivity contribution is -0.123. The van der Waals surface area contributed by atoms with Crippen LogP contribution < -0.4 is 10.6 Å². The molecule has 0 aliphatic rings. The van der Waals surface area contributed by atoms with Gasteiger partial charge in [0.2, 0.25) is 11.8 Å². The van der Waals surface area contributed by atoms with Crippen LogP contribution in [0.4, 0.5) is 0 Å². The summed E-state index contributed by atoms with van der Waals surface area (Å²) >= 11 is 0. The Morgan fingerprint density at radius 3 is 1.20 bits per heavy atom. The van der Waals surface area contributed by atoms with Crippen LogP contribution in [0.1, 0.15) is 108 Å². The lowest BCUT2D eigenvalue weighted by Crippen LogP contribution is -2.25.